The van der Waals surface area contributed by atoms with Gasteiger partial charge in [0.05, 0.1) is 13.1 Å². The van der Waals surface area contributed by atoms with Crippen molar-refractivity contribution in [3.05, 3.63) is 28.7 Å². The van der Waals surface area contributed by atoms with Gasteiger partial charge in [-0.2, -0.15) is 0 Å². The Kier molecular flexibility index (Phi) is 4.33. The van der Waals surface area contributed by atoms with Crippen LogP contribution in [0, 0.1) is 0 Å². The van der Waals surface area contributed by atoms with Crippen LogP contribution in [0.3, 0.4) is 0 Å². The van der Waals surface area contributed by atoms with Crippen molar-refractivity contribution in [1.29, 1.82) is 0 Å². The van der Waals surface area contributed by atoms with Gasteiger partial charge in [-0.15, -0.1) is 0 Å². The Bertz CT molecular complexity index is 448. The number of hydrogen-bond donors (Lipinski definition) is 1. The zero-order chi connectivity index (χ0) is 13.0. The van der Waals surface area contributed by atoms with Crippen LogP contribution in [0.4, 0.5) is 0 Å². The second kappa shape index (κ2) is 5.97. The van der Waals surface area contributed by atoms with Gasteiger partial charge in [-0.25, -0.2) is 0 Å². The van der Waals surface area contributed by atoms with Gasteiger partial charge in [-0.05, 0) is 18.2 Å². The number of hydrogen-bond acceptors (Lipinski definition) is 4. The van der Waals surface area contributed by atoms with E-state index >= 15 is 0 Å². The normalized spacial score (nSPS) is 16.5. The summed E-state index contributed by atoms with van der Waals surface area (Å²) in [5.41, 5.74) is 0. The third-order valence-electron chi connectivity index (χ3n) is 2.49. The molecule has 2 rings (SSSR count). The lowest BCUT2D eigenvalue weighted by atomic mass is 10.3. The molecule has 6 heteroatoms. The third kappa shape index (κ3) is 3.82. The van der Waals surface area contributed by atoms with Crippen molar-refractivity contribution in [3.63, 3.8) is 0 Å². The molecule has 1 aliphatic rings. The van der Waals surface area contributed by atoms with E-state index in [2.05, 4.69) is 21.2 Å². The molecular formula is C12H13BrN2O3. The van der Waals surface area contributed by atoms with Crippen LogP contribution in [0.25, 0.3) is 0 Å². The number of imide groups is 1. The molecule has 1 aromatic carbocycles. The number of carbonyl (C=O) groups is 2. The third-order valence-corrected chi connectivity index (χ3v) is 2.98. The maximum Gasteiger partial charge on any atom is 0.240 e. The summed E-state index contributed by atoms with van der Waals surface area (Å²) < 4.78 is 6.50. The van der Waals surface area contributed by atoms with Gasteiger partial charge in [0.15, 0.2) is 0 Å². The van der Waals surface area contributed by atoms with Crippen LogP contribution in [0.5, 0.6) is 5.75 Å². The fourth-order valence-corrected chi connectivity index (χ4v) is 2.08. The van der Waals surface area contributed by atoms with Gasteiger partial charge in [-0.3, -0.25) is 19.8 Å². The first-order valence-electron chi connectivity index (χ1n) is 5.57. The van der Waals surface area contributed by atoms with E-state index in [-0.39, 0.29) is 24.9 Å². The highest BCUT2D eigenvalue weighted by Gasteiger charge is 2.21. The van der Waals surface area contributed by atoms with Crippen molar-refractivity contribution in [2.45, 2.75) is 0 Å². The Labute approximate surface area is 113 Å². The van der Waals surface area contributed by atoms with Crippen molar-refractivity contribution in [3.8, 4) is 5.75 Å². The van der Waals surface area contributed by atoms with Crippen molar-refractivity contribution in [2.75, 3.05) is 26.2 Å². The topological polar surface area (TPSA) is 58.6 Å². The molecule has 2 amide bonds. The highest BCUT2D eigenvalue weighted by atomic mass is 79.9. The molecule has 0 radical (unpaired) electrons. The maximum absolute atomic E-state index is 11.1. The zero-order valence-electron chi connectivity index (χ0n) is 9.69. The average molecular weight is 313 g/mol. The summed E-state index contributed by atoms with van der Waals surface area (Å²) >= 11 is 3.36. The average Bonchev–Trinajstić information content (AvgIpc) is 2.27. The molecule has 0 aromatic heterocycles. The van der Waals surface area contributed by atoms with Gasteiger partial charge in [0.25, 0.3) is 0 Å². The number of rotatable bonds is 4. The lowest BCUT2D eigenvalue weighted by molar-refractivity contribution is -0.136. The number of nitrogens with zero attached hydrogens (tertiary/aromatic N) is 1. The number of nitrogens with one attached hydrogen (secondary N) is 1. The number of ether oxygens (including phenoxy) is 1. The van der Waals surface area contributed by atoms with Crippen LogP contribution >= 0.6 is 15.9 Å². The molecule has 1 fully saturated rings. The van der Waals surface area contributed by atoms with Gasteiger partial charge in [-0.1, -0.05) is 22.0 Å². The quantitative estimate of drug-likeness (QED) is 0.835. The molecule has 0 saturated carbocycles. The molecule has 0 bridgehead atoms. The number of carbonyl (C=O) groups excluding carboxylic acids is 2. The Morgan fingerprint density at radius 1 is 1.28 bits per heavy atom. The minimum atomic E-state index is -0.256. The summed E-state index contributed by atoms with van der Waals surface area (Å²) in [5.74, 6) is 0.250. The van der Waals surface area contributed by atoms with Crippen LogP contribution in [-0.4, -0.2) is 43.0 Å². The van der Waals surface area contributed by atoms with Gasteiger partial charge < -0.3 is 4.74 Å². The molecule has 1 aromatic rings. The first-order valence-corrected chi connectivity index (χ1v) is 6.36. The standard InChI is InChI=1S/C12H13BrN2O3/c13-9-2-1-3-10(6-9)18-5-4-15-7-11(16)14-12(17)8-15/h1-3,6H,4-5,7-8H2,(H,14,16,17). The summed E-state index contributed by atoms with van der Waals surface area (Å²) in [6.45, 7) is 1.48. The fourth-order valence-electron chi connectivity index (χ4n) is 1.70. The van der Waals surface area contributed by atoms with E-state index in [1.54, 1.807) is 4.90 Å². The molecule has 0 spiro atoms. The molecule has 0 atom stereocenters. The molecular weight excluding hydrogens is 300 g/mol. The summed E-state index contributed by atoms with van der Waals surface area (Å²) in [5, 5.41) is 2.26. The number of amides is 2. The largest absolute Gasteiger partial charge is 0.492 e. The monoisotopic (exact) mass is 312 g/mol. The van der Waals surface area contributed by atoms with E-state index in [0.29, 0.717) is 13.2 Å². The molecule has 0 aliphatic carbocycles. The molecule has 96 valence electrons. The second-order valence-electron chi connectivity index (χ2n) is 3.99. The van der Waals surface area contributed by atoms with E-state index in [1.165, 1.54) is 0 Å². The molecule has 5 nitrogen and oxygen atoms in total. The highest BCUT2D eigenvalue weighted by molar-refractivity contribution is 9.10. The predicted molar refractivity (Wildman–Crippen MR) is 69.2 cm³/mol. The van der Waals surface area contributed by atoms with Crippen molar-refractivity contribution >= 4 is 27.7 Å². The zero-order valence-corrected chi connectivity index (χ0v) is 11.3. The Morgan fingerprint density at radius 3 is 2.67 bits per heavy atom. The van der Waals surface area contributed by atoms with E-state index in [9.17, 15) is 9.59 Å². The van der Waals surface area contributed by atoms with Gasteiger partial charge >= 0.3 is 0 Å². The van der Waals surface area contributed by atoms with Crippen LogP contribution < -0.4 is 10.1 Å². The first-order chi connectivity index (χ1) is 8.63. The molecule has 1 heterocycles. The van der Waals surface area contributed by atoms with Crippen LogP contribution in [-0.2, 0) is 9.59 Å². The SMILES string of the molecule is O=C1CN(CCOc2cccc(Br)c2)CC(=O)N1. The highest BCUT2D eigenvalue weighted by Crippen LogP contribution is 2.17. The number of piperazine rings is 1. The molecule has 0 unspecified atom stereocenters. The molecule has 1 aliphatic heterocycles. The number of benzene rings is 1. The summed E-state index contributed by atoms with van der Waals surface area (Å²) in [6.07, 6.45) is 0. The van der Waals surface area contributed by atoms with Crippen LogP contribution in [0.2, 0.25) is 0 Å². The minimum absolute atomic E-state index is 0.244. The van der Waals surface area contributed by atoms with Gasteiger partial charge in [0, 0.05) is 11.0 Å². The van der Waals surface area contributed by atoms with Crippen molar-refractivity contribution in [1.82, 2.24) is 10.2 Å². The molecule has 1 N–H and O–H groups in total. The van der Waals surface area contributed by atoms with Gasteiger partial charge in [0.2, 0.25) is 11.8 Å². The predicted octanol–water partition coefficient (Wildman–Crippen LogP) is 0.786. The summed E-state index contributed by atoms with van der Waals surface area (Å²) in [6, 6.07) is 7.53. The smallest absolute Gasteiger partial charge is 0.240 e. The lowest BCUT2D eigenvalue weighted by Crippen LogP contribution is -2.52. The minimum Gasteiger partial charge on any atom is -0.492 e. The fraction of sp³-hybridized carbons (Fsp3) is 0.333. The second-order valence-corrected chi connectivity index (χ2v) is 4.90. The number of halogens is 1. The Balaban J connectivity index is 1.78. The van der Waals surface area contributed by atoms with Crippen molar-refractivity contribution in [2.24, 2.45) is 0 Å². The first kappa shape index (κ1) is 13.0. The molecule has 1 saturated heterocycles. The van der Waals surface area contributed by atoms with E-state index < -0.39 is 0 Å². The van der Waals surface area contributed by atoms with E-state index in [0.717, 1.165) is 10.2 Å². The Hall–Kier alpha value is -1.40. The summed E-state index contributed by atoms with van der Waals surface area (Å²) in [4.78, 5) is 24.0. The summed E-state index contributed by atoms with van der Waals surface area (Å²) in [7, 11) is 0. The Morgan fingerprint density at radius 2 is 2.00 bits per heavy atom. The van der Waals surface area contributed by atoms with Crippen molar-refractivity contribution < 1.29 is 14.3 Å². The maximum atomic E-state index is 11.1. The lowest BCUT2D eigenvalue weighted by Gasteiger charge is -2.24. The van der Waals surface area contributed by atoms with Crippen LogP contribution in [0.1, 0.15) is 0 Å². The van der Waals surface area contributed by atoms with Crippen LogP contribution in [0.15, 0.2) is 28.7 Å². The molecule has 18 heavy (non-hydrogen) atoms. The van der Waals surface area contributed by atoms with E-state index in [1.807, 2.05) is 24.3 Å². The van der Waals surface area contributed by atoms with Gasteiger partial charge in [0.1, 0.15) is 12.4 Å². The van der Waals surface area contributed by atoms with E-state index in [4.69, 9.17) is 4.74 Å².